The summed E-state index contributed by atoms with van der Waals surface area (Å²) in [6.07, 6.45) is 0.765. The van der Waals surface area contributed by atoms with Crippen molar-refractivity contribution >= 4 is 29.3 Å². The van der Waals surface area contributed by atoms with Gasteiger partial charge in [0, 0.05) is 12.0 Å². The fourth-order valence-electron chi connectivity index (χ4n) is 2.38. The van der Waals surface area contributed by atoms with E-state index in [1.807, 2.05) is 31.2 Å². The highest BCUT2D eigenvalue weighted by molar-refractivity contribution is 8.00. The van der Waals surface area contributed by atoms with Crippen molar-refractivity contribution in [1.29, 1.82) is 0 Å². The molecule has 5 nitrogen and oxygen atoms in total. The van der Waals surface area contributed by atoms with E-state index in [1.54, 1.807) is 12.1 Å². The number of thioether (sulfide) groups is 1. The number of aromatic nitrogens is 2. The Morgan fingerprint density at radius 2 is 2.17 bits per heavy atom. The zero-order valence-corrected chi connectivity index (χ0v) is 14.1. The molecule has 1 aromatic heterocycles. The van der Waals surface area contributed by atoms with E-state index >= 15 is 0 Å². The highest BCUT2D eigenvalue weighted by Gasteiger charge is 2.25. The monoisotopic (exact) mass is 349 g/mol. The number of rotatable bonds is 4. The van der Waals surface area contributed by atoms with Crippen molar-refractivity contribution < 1.29 is 9.53 Å². The second-order valence-electron chi connectivity index (χ2n) is 5.19. The minimum absolute atomic E-state index is 0.0215. The molecule has 1 N–H and O–H groups in total. The molecule has 0 unspecified atom stereocenters. The lowest BCUT2D eigenvalue weighted by molar-refractivity contribution is -0.121. The number of hydrogen-bond acceptors (Lipinski definition) is 5. The second-order valence-corrected chi connectivity index (χ2v) is 6.94. The van der Waals surface area contributed by atoms with Gasteiger partial charge in [-0.2, -0.15) is 0 Å². The van der Waals surface area contributed by atoms with Crippen molar-refractivity contribution in [3.63, 3.8) is 0 Å². The first-order valence-corrected chi connectivity index (χ1v) is 8.57. The molecule has 1 aliphatic heterocycles. The molecule has 1 amide bonds. The summed E-state index contributed by atoms with van der Waals surface area (Å²) in [5.74, 6) is 0.807. The molecule has 2 heterocycles. The normalized spacial score (nSPS) is 17.7. The Bertz CT molecular complexity index is 696. The molecule has 0 fully saturated rings. The number of carbonyl (C=O) groups is 1. The van der Waals surface area contributed by atoms with E-state index in [0.29, 0.717) is 16.8 Å². The number of hydrogen-bond donors (Lipinski definition) is 1. The van der Waals surface area contributed by atoms with Gasteiger partial charge in [0.25, 0.3) is 0 Å². The van der Waals surface area contributed by atoms with E-state index in [9.17, 15) is 4.79 Å². The van der Waals surface area contributed by atoms with Crippen LogP contribution in [0.4, 0.5) is 0 Å². The molecular weight excluding hydrogens is 334 g/mol. The van der Waals surface area contributed by atoms with Crippen molar-refractivity contribution in [2.75, 3.05) is 6.61 Å². The van der Waals surface area contributed by atoms with Crippen LogP contribution in [-0.4, -0.2) is 28.0 Å². The van der Waals surface area contributed by atoms with Crippen LogP contribution >= 0.6 is 23.4 Å². The summed E-state index contributed by atoms with van der Waals surface area (Å²) in [5.41, 5.74) is 1.02. The Morgan fingerprint density at radius 3 is 2.96 bits per heavy atom. The SMILES string of the molecule is C[C@@H](Sc1ccc(Cl)nn1)C(=O)N[C@@H]1CCOc2ccccc21. The molecule has 3 rings (SSSR count). The molecule has 120 valence electrons. The molecule has 0 radical (unpaired) electrons. The van der Waals surface area contributed by atoms with Crippen molar-refractivity contribution in [2.45, 2.75) is 29.7 Å². The topological polar surface area (TPSA) is 64.1 Å². The fourth-order valence-corrected chi connectivity index (χ4v) is 3.26. The number of halogens is 1. The third-order valence-corrected chi connectivity index (χ3v) is 4.78. The lowest BCUT2D eigenvalue weighted by Gasteiger charge is -2.27. The van der Waals surface area contributed by atoms with Gasteiger partial charge in [-0.05, 0) is 25.1 Å². The van der Waals surface area contributed by atoms with Gasteiger partial charge in [-0.25, -0.2) is 0 Å². The molecule has 0 saturated carbocycles. The fraction of sp³-hybridized carbons (Fsp3) is 0.312. The number of benzene rings is 1. The number of nitrogens with zero attached hydrogens (tertiary/aromatic N) is 2. The first kappa shape index (κ1) is 16.1. The first-order valence-electron chi connectivity index (χ1n) is 7.31. The zero-order valence-electron chi connectivity index (χ0n) is 12.5. The molecule has 1 aromatic carbocycles. The van der Waals surface area contributed by atoms with Gasteiger partial charge in [0.2, 0.25) is 5.91 Å². The largest absolute Gasteiger partial charge is 0.493 e. The van der Waals surface area contributed by atoms with Gasteiger partial charge in [-0.1, -0.05) is 41.6 Å². The molecule has 2 aromatic rings. The maximum Gasteiger partial charge on any atom is 0.233 e. The minimum atomic E-state index is -0.277. The Hall–Kier alpha value is -1.79. The number of amides is 1. The summed E-state index contributed by atoms with van der Waals surface area (Å²) in [4.78, 5) is 12.4. The van der Waals surface area contributed by atoms with E-state index < -0.39 is 0 Å². The summed E-state index contributed by atoms with van der Waals surface area (Å²) in [6, 6.07) is 11.2. The van der Waals surface area contributed by atoms with Crippen LogP contribution in [0, 0.1) is 0 Å². The highest BCUT2D eigenvalue weighted by Crippen LogP contribution is 2.32. The van der Waals surface area contributed by atoms with Crippen LogP contribution in [0.25, 0.3) is 0 Å². The average molecular weight is 350 g/mol. The molecule has 0 saturated heterocycles. The Kier molecular flexibility index (Phi) is 5.03. The summed E-state index contributed by atoms with van der Waals surface area (Å²) in [7, 11) is 0. The molecule has 0 spiro atoms. The summed E-state index contributed by atoms with van der Waals surface area (Å²) >= 11 is 7.07. The predicted octanol–water partition coefficient (Wildman–Crippen LogP) is 3.25. The van der Waals surface area contributed by atoms with E-state index in [0.717, 1.165) is 17.7 Å². The molecule has 1 aliphatic rings. The Labute approximate surface area is 143 Å². The zero-order chi connectivity index (χ0) is 16.2. The number of para-hydroxylation sites is 1. The lowest BCUT2D eigenvalue weighted by atomic mass is 10.0. The van der Waals surface area contributed by atoms with Gasteiger partial charge in [0.1, 0.15) is 10.8 Å². The van der Waals surface area contributed by atoms with Crippen molar-refractivity contribution in [1.82, 2.24) is 15.5 Å². The van der Waals surface area contributed by atoms with Crippen LogP contribution in [0.15, 0.2) is 41.4 Å². The lowest BCUT2D eigenvalue weighted by Crippen LogP contribution is -2.36. The molecule has 23 heavy (non-hydrogen) atoms. The van der Waals surface area contributed by atoms with E-state index in [4.69, 9.17) is 16.3 Å². The van der Waals surface area contributed by atoms with Crippen molar-refractivity contribution in [2.24, 2.45) is 0 Å². The van der Waals surface area contributed by atoms with E-state index in [-0.39, 0.29) is 17.2 Å². The average Bonchev–Trinajstić information content (AvgIpc) is 2.57. The van der Waals surface area contributed by atoms with Crippen LogP contribution in [0.1, 0.15) is 24.9 Å². The number of fused-ring (bicyclic) bond motifs is 1. The van der Waals surface area contributed by atoms with Gasteiger partial charge in [-0.3, -0.25) is 4.79 Å². The second kappa shape index (κ2) is 7.19. The summed E-state index contributed by atoms with van der Waals surface area (Å²) in [5, 5.41) is 11.6. The van der Waals surface area contributed by atoms with Crippen LogP contribution in [-0.2, 0) is 4.79 Å². The smallest absolute Gasteiger partial charge is 0.233 e. The van der Waals surface area contributed by atoms with Crippen LogP contribution in [0.5, 0.6) is 5.75 Å². The maximum atomic E-state index is 12.4. The van der Waals surface area contributed by atoms with E-state index in [2.05, 4.69) is 15.5 Å². The van der Waals surface area contributed by atoms with Crippen molar-refractivity contribution in [3.8, 4) is 5.75 Å². The molecule has 2 atom stereocenters. The molecule has 0 bridgehead atoms. The first-order chi connectivity index (χ1) is 11.1. The van der Waals surface area contributed by atoms with Crippen LogP contribution < -0.4 is 10.1 Å². The maximum absolute atomic E-state index is 12.4. The van der Waals surface area contributed by atoms with Crippen LogP contribution in [0.3, 0.4) is 0 Å². The number of ether oxygens (including phenoxy) is 1. The van der Waals surface area contributed by atoms with E-state index in [1.165, 1.54) is 11.8 Å². The van der Waals surface area contributed by atoms with Gasteiger partial charge in [-0.15, -0.1) is 10.2 Å². The van der Waals surface area contributed by atoms with Gasteiger partial charge in [0.15, 0.2) is 5.15 Å². The van der Waals surface area contributed by atoms with Gasteiger partial charge < -0.3 is 10.1 Å². The summed E-state index contributed by atoms with van der Waals surface area (Å²) < 4.78 is 5.62. The Balaban J connectivity index is 1.64. The van der Waals surface area contributed by atoms with Gasteiger partial charge >= 0.3 is 0 Å². The molecule has 0 aliphatic carbocycles. The van der Waals surface area contributed by atoms with Gasteiger partial charge in [0.05, 0.1) is 17.9 Å². The summed E-state index contributed by atoms with van der Waals surface area (Å²) in [6.45, 7) is 2.45. The highest BCUT2D eigenvalue weighted by atomic mass is 35.5. The Morgan fingerprint density at radius 1 is 1.35 bits per heavy atom. The standard InChI is InChI=1S/C16H16ClN3O2S/c1-10(23-15-7-6-14(17)19-20-15)16(21)18-12-8-9-22-13-5-3-2-4-11(12)13/h2-7,10,12H,8-9H2,1H3,(H,18,21)/t10-,12-/m1/s1. The van der Waals surface area contributed by atoms with Crippen molar-refractivity contribution in [3.05, 3.63) is 47.1 Å². The third kappa shape index (κ3) is 3.95. The quantitative estimate of drug-likeness (QED) is 0.858. The number of nitrogens with one attached hydrogen (secondary N) is 1. The predicted molar refractivity (Wildman–Crippen MR) is 89.8 cm³/mol. The third-order valence-electron chi connectivity index (χ3n) is 3.55. The molecular formula is C16H16ClN3O2S. The van der Waals surface area contributed by atoms with Crippen LogP contribution in [0.2, 0.25) is 5.15 Å². The minimum Gasteiger partial charge on any atom is -0.493 e. The number of carbonyl (C=O) groups excluding carboxylic acids is 1. The molecule has 7 heteroatoms.